The molecule has 0 radical (unpaired) electrons. The van der Waals surface area contributed by atoms with Crippen LogP contribution in [0.4, 0.5) is 4.39 Å². The van der Waals surface area contributed by atoms with E-state index in [1.54, 1.807) is 24.3 Å². The van der Waals surface area contributed by atoms with Gasteiger partial charge in [-0.05, 0) is 36.2 Å². The van der Waals surface area contributed by atoms with E-state index in [1.807, 2.05) is 0 Å². The topological polar surface area (TPSA) is 26.3 Å². The predicted octanol–water partition coefficient (Wildman–Crippen LogP) is 4.84. The van der Waals surface area contributed by atoms with Crippen LogP contribution in [-0.4, -0.2) is 17.9 Å². The van der Waals surface area contributed by atoms with Crippen molar-refractivity contribution in [3.8, 4) is 5.75 Å². The highest BCUT2D eigenvalue weighted by Crippen LogP contribution is 2.15. The Kier molecular flexibility index (Phi) is 8.99. The largest absolute Gasteiger partial charge is 0.737 e. The SMILES string of the molecule is CCCCCCCCC(F)COc1ccc(C(=O)[S-])cc1. The molecule has 118 valence electrons. The fourth-order valence-corrected chi connectivity index (χ4v) is 2.24. The molecule has 1 rings (SSSR count). The molecular weight excluding hydrogens is 287 g/mol. The van der Waals surface area contributed by atoms with Gasteiger partial charge in [-0.15, -0.1) is 0 Å². The second-order valence-corrected chi connectivity index (χ2v) is 5.65. The molecule has 0 spiro atoms. The first-order valence-corrected chi connectivity index (χ1v) is 8.12. The lowest BCUT2D eigenvalue weighted by Gasteiger charge is -2.11. The molecule has 21 heavy (non-hydrogen) atoms. The van der Waals surface area contributed by atoms with E-state index >= 15 is 0 Å². The van der Waals surface area contributed by atoms with Gasteiger partial charge in [0, 0.05) is 5.12 Å². The molecule has 0 amide bonds. The van der Waals surface area contributed by atoms with Crippen LogP contribution in [0.15, 0.2) is 24.3 Å². The second kappa shape index (κ2) is 10.6. The predicted molar refractivity (Wildman–Crippen MR) is 86.5 cm³/mol. The van der Waals surface area contributed by atoms with E-state index in [0.717, 1.165) is 12.8 Å². The zero-order valence-corrected chi connectivity index (χ0v) is 13.5. The molecule has 0 aliphatic rings. The van der Waals surface area contributed by atoms with Gasteiger partial charge in [-0.25, -0.2) is 4.39 Å². The van der Waals surface area contributed by atoms with E-state index in [0.29, 0.717) is 17.7 Å². The van der Waals surface area contributed by atoms with Crippen LogP contribution >= 0.6 is 0 Å². The molecule has 0 heterocycles. The van der Waals surface area contributed by atoms with Crippen LogP contribution in [0, 0.1) is 0 Å². The maximum atomic E-state index is 13.7. The molecule has 0 N–H and O–H groups in total. The Morgan fingerprint density at radius 3 is 2.38 bits per heavy atom. The van der Waals surface area contributed by atoms with Crippen LogP contribution < -0.4 is 4.74 Å². The van der Waals surface area contributed by atoms with Gasteiger partial charge in [0.15, 0.2) is 0 Å². The molecule has 0 saturated heterocycles. The van der Waals surface area contributed by atoms with Crippen LogP contribution in [0.3, 0.4) is 0 Å². The molecule has 1 unspecified atom stereocenters. The van der Waals surface area contributed by atoms with Gasteiger partial charge in [-0.1, -0.05) is 45.4 Å². The zero-order chi connectivity index (χ0) is 15.5. The summed E-state index contributed by atoms with van der Waals surface area (Å²) in [4.78, 5) is 10.9. The van der Waals surface area contributed by atoms with Gasteiger partial charge in [0.05, 0.1) is 0 Å². The lowest BCUT2D eigenvalue weighted by Crippen LogP contribution is -2.12. The van der Waals surface area contributed by atoms with Gasteiger partial charge in [-0.3, -0.25) is 0 Å². The summed E-state index contributed by atoms with van der Waals surface area (Å²) in [5, 5.41) is -0.395. The summed E-state index contributed by atoms with van der Waals surface area (Å²) >= 11 is 4.54. The number of halogens is 1. The number of carbonyl (C=O) groups excluding carboxylic acids is 1. The first kappa shape index (κ1) is 17.9. The lowest BCUT2D eigenvalue weighted by atomic mass is 10.1. The number of carbonyl (C=O) groups is 1. The number of hydrogen-bond acceptors (Lipinski definition) is 3. The first-order chi connectivity index (χ1) is 10.1. The van der Waals surface area contributed by atoms with Crippen molar-refractivity contribution in [1.29, 1.82) is 0 Å². The number of ether oxygens (including phenoxy) is 1. The molecule has 0 aromatic heterocycles. The van der Waals surface area contributed by atoms with Crippen molar-refractivity contribution in [1.82, 2.24) is 0 Å². The number of alkyl halides is 1. The van der Waals surface area contributed by atoms with Crippen LogP contribution in [-0.2, 0) is 12.6 Å². The maximum Gasteiger partial charge on any atom is 0.134 e. The van der Waals surface area contributed by atoms with Crippen molar-refractivity contribution in [3.05, 3.63) is 29.8 Å². The quantitative estimate of drug-likeness (QED) is 0.432. The smallest absolute Gasteiger partial charge is 0.134 e. The minimum Gasteiger partial charge on any atom is -0.737 e. The average molecular weight is 311 g/mol. The molecule has 0 saturated carbocycles. The normalized spacial score (nSPS) is 12.1. The molecule has 2 nitrogen and oxygen atoms in total. The molecule has 0 fully saturated rings. The van der Waals surface area contributed by atoms with E-state index in [4.69, 9.17) is 4.74 Å². The summed E-state index contributed by atoms with van der Waals surface area (Å²) in [7, 11) is 0. The van der Waals surface area contributed by atoms with Gasteiger partial charge in [0.1, 0.15) is 18.5 Å². The number of hydrogen-bond donors (Lipinski definition) is 0. The summed E-state index contributed by atoms with van der Waals surface area (Å²) in [5.41, 5.74) is 0.459. The van der Waals surface area contributed by atoms with Crippen molar-refractivity contribution in [3.63, 3.8) is 0 Å². The van der Waals surface area contributed by atoms with Crippen molar-refractivity contribution in [2.75, 3.05) is 6.61 Å². The Labute approximate surface area is 132 Å². The molecule has 0 bridgehead atoms. The summed E-state index contributed by atoms with van der Waals surface area (Å²) in [6.45, 7) is 2.25. The van der Waals surface area contributed by atoms with Crippen molar-refractivity contribution >= 4 is 17.7 Å². The molecule has 0 aliphatic heterocycles. The first-order valence-electron chi connectivity index (χ1n) is 7.71. The molecule has 1 atom stereocenters. The summed E-state index contributed by atoms with van der Waals surface area (Å²) < 4.78 is 19.1. The summed E-state index contributed by atoms with van der Waals surface area (Å²) in [6, 6.07) is 6.51. The van der Waals surface area contributed by atoms with Gasteiger partial charge in [0.2, 0.25) is 0 Å². The van der Waals surface area contributed by atoms with Gasteiger partial charge in [-0.2, -0.15) is 0 Å². The minimum absolute atomic E-state index is 0.0656. The highest BCUT2D eigenvalue weighted by molar-refractivity contribution is 7.77. The summed E-state index contributed by atoms with van der Waals surface area (Å²) in [6.07, 6.45) is 6.56. The van der Waals surface area contributed by atoms with Crippen molar-refractivity contribution in [2.24, 2.45) is 0 Å². The van der Waals surface area contributed by atoms with Crippen LogP contribution in [0.25, 0.3) is 0 Å². The maximum absolute atomic E-state index is 13.7. The molecule has 1 aromatic carbocycles. The standard InChI is InChI=1S/C17H25FO2S/c1-2-3-4-5-6-7-8-15(18)13-20-16-11-9-14(10-12-16)17(19)21/h9-12,15H,2-8,13H2,1H3,(H,19,21)/p-1. The molecular formula is C17H24FO2S-. The van der Waals surface area contributed by atoms with Gasteiger partial charge >= 0.3 is 0 Å². The Morgan fingerprint density at radius 2 is 1.76 bits per heavy atom. The monoisotopic (exact) mass is 311 g/mol. The van der Waals surface area contributed by atoms with Gasteiger partial charge < -0.3 is 22.2 Å². The summed E-state index contributed by atoms with van der Waals surface area (Å²) in [5.74, 6) is 0.570. The molecule has 4 heteroatoms. The third kappa shape index (κ3) is 8.00. The fraction of sp³-hybridized carbons (Fsp3) is 0.588. The Balaban J connectivity index is 2.14. The minimum atomic E-state index is -0.934. The third-order valence-corrected chi connectivity index (χ3v) is 3.63. The average Bonchev–Trinajstić information content (AvgIpc) is 2.49. The third-order valence-electron chi connectivity index (χ3n) is 3.39. The van der Waals surface area contributed by atoms with E-state index in [1.165, 1.54) is 25.7 Å². The molecule has 0 aliphatic carbocycles. The number of unbranched alkanes of at least 4 members (excludes halogenated alkanes) is 5. The van der Waals surface area contributed by atoms with Crippen LogP contribution in [0.5, 0.6) is 5.75 Å². The Morgan fingerprint density at radius 1 is 1.14 bits per heavy atom. The van der Waals surface area contributed by atoms with E-state index < -0.39 is 11.3 Å². The molecule has 1 aromatic rings. The van der Waals surface area contributed by atoms with E-state index in [2.05, 4.69) is 19.6 Å². The van der Waals surface area contributed by atoms with Crippen molar-refractivity contribution < 1.29 is 13.9 Å². The van der Waals surface area contributed by atoms with E-state index in [-0.39, 0.29) is 6.61 Å². The number of rotatable bonds is 11. The van der Waals surface area contributed by atoms with Crippen molar-refractivity contribution in [2.45, 2.75) is 58.0 Å². The fourth-order valence-electron chi connectivity index (χ4n) is 2.10. The lowest BCUT2D eigenvalue weighted by molar-refractivity contribution is 0.109. The Hall–Kier alpha value is -1.16. The van der Waals surface area contributed by atoms with Crippen LogP contribution in [0.2, 0.25) is 0 Å². The van der Waals surface area contributed by atoms with E-state index in [9.17, 15) is 9.18 Å². The number of benzene rings is 1. The second-order valence-electron chi connectivity index (χ2n) is 5.28. The van der Waals surface area contributed by atoms with Gasteiger partial charge in [0.25, 0.3) is 0 Å². The van der Waals surface area contributed by atoms with Crippen LogP contribution in [0.1, 0.15) is 62.2 Å². The highest BCUT2D eigenvalue weighted by Gasteiger charge is 2.07. The highest BCUT2D eigenvalue weighted by atomic mass is 32.1. The zero-order valence-electron chi connectivity index (χ0n) is 12.6. The Bertz CT molecular complexity index is 406.